The fourth-order valence-electron chi connectivity index (χ4n) is 1.25. The largest absolute Gasteiger partial charge is 0.377 e. The predicted octanol–water partition coefficient (Wildman–Crippen LogP) is 1.51. The van der Waals surface area contributed by atoms with Gasteiger partial charge in [-0.3, -0.25) is 0 Å². The summed E-state index contributed by atoms with van der Waals surface area (Å²) in [5.41, 5.74) is 1.19. The molecule has 1 fully saturated rings. The van der Waals surface area contributed by atoms with Crippen LogP contribution in [0.2, 0.25) is 0 Å². The van der Waals surface area contributed by atoms with Crippen molar-refractivity contribution in [3.8, 4) is 6.07 Å². The van der Waals surface area contributed by atoms with Crippen LogP contribution in [0.5, 0.6) is 0 Å². The van der Waals surface area contributed by atoms with E-state index in [9.17, 15) is 0 Å². The Kier molecular flexibility index (Phi) is 2.33. The molecule has 1 heterocycles. The Bertz CT molecular complexity index is 176. The molecule has 0 atom stereocenters. The quantitative estimate of drug-likeness (QED) is 0.472. The van der Waals surface area contributed by atoms with E-state index in [-0.39, 0.29) is 0 Å². The molecule has 1 saturated heterocycles. The molecule has 0 spiro atoms. The molecular weight excluding hydrogens is 124 g/mol. The van der Waals surface area contributed by atoms with Crippen LogP contribution in [0, 0.1) is 11.3 Å². The van der Waals surface area contributed by atoms with Gasteiger partial charge in [0.15, 0.2) is 0 Å². The lowest BCUT2D eigenvalue weighted by atomic mass is 10.1. The Morgan fingerprint density at radius 2 is 2.40 bits per heavy atom. The van der Waals surface area contributed by atoms with Crippen LogP contribution >= 0.6 is 0 Å². The minimum Gasteiger partial charge on any atom is -0.377 e. The third-order valence-electron chi connectivity index (χ3n) is 1.90. The summed E-state index contributed by atoms with van der Waals surface area (Å²) in [7, 11) is 2.04. The molecular formula is C8H12N2. The summed E-state index contributed by atoms with van der Waals surface area (Å²) in [6.07, 6.45) is 5.22. The van der Waals surface area contributed by atoms with E-state index in [0.29, 0.717) is 0 Å². The SMILES string of the molecule is CN1CCCC/C1=C\C#N. The van der Waals surface area contributed by atoms with Crippen LogP contribution < -0.4 is 0 Å². The molecule has 0 radical (unpaired) electrons. The zero-order chi connectivity index (χ0) is 7.40. The van der Waals surface area contributed by atoms with E-state index < -0.39 is 0 Å². The Morgan fingerprint density at radius 3 is 3.00 bits per heavy atom. The van der Waals surface area contributed by atoms with Gasteiger partial charge in [0, 0.05) is 25.4 Å². The summed E-state index contributed by atoms with van der Waals surface area (Å²) in [5, 5.41) is 8.38. The van der Waals surface area contributed by atoms with E-state index in [1.807, 2.05) is 7.05 Å². The first-order valence-corrected chi connectivity index (χ1v) is 3.64. The van der Waals surface area contributed by atoms with Crippen LogP contribution in [0.4, 0.5) is 0 Å². The Hall–Kier alpha value is -0.970. The van der Waals surface area contributed by atoms with Crippen molar-refractivity contribution >= 4 is 0 Å². The topological polar surface area (TPSA) is 27.0 Å². The van der Waals surface area contributed by atoms with Gasteiger partial charge in [0.25, 0.3) is 0 Å². The molecule has 0 unspecified atom stereocenters. The van der Waals surface area contributed by atoms with Crippen molar-refractivity contribution in [2.75, 3.05) is 13.6 Å². The Balaban J connectivity index is 2.58. The van der Waals surface area contributed by atoms with Crippen LogP contribution in [0.15, 0.2) is 11.8 Å². The highest BCUT2D eigenvalue weighted by Gasteiger charge is 2.09. The molecule has 54 valence electrons. The first kappa shape index (κ1) is 7.14. The van der Waals surface area contributed by atoms with Gasteiger partial charge in [-0.1, -0.05) is 0 Å². The Labute approximate surface area is 61.8 Å². The average Bonchev–Trinajstić information content (AvgIpc) is 1.94. The summed E-state index contributed by atoms with van der Waals surface area (Å²) in [6.45, 7) is 1.10. The second kappa shape index (κ2) is 3.26. The van der Waals surface area contributed by atoms with Crippen molar-refractivity contribution < 1.29 is 0 Å². The van der Waals surface area contributed by atoms with Crippen molar-refractivity contribution in [3.05, 3.63) is 11.8 Å². The van der Waals surface area contributed by atoms with Gasteiger partial charge in [0.1, 0.15) is 0 Å². The van der Waals surface area contributed by atoms with E-state index in [2.05, 4.69) is 11.0 Å². The molecule has 1 aliphatic heterocycles. The maximum atomic E-state index is 8.38. The molecule has 0 saturated carbocycles. The van der Waals surface area contributed by atoms with Gasteiger partial charge in [-0.2, -0.15) is 5.26 Å². The molecule has 0 aromatic rings. The van der Waals surface area contributed by atoms with Gasteiger partial charge in [-0.25, -0.2) is 0 Å². The van der Waals surface area contributed by atoms with Crippen molar-refractivity contribution in [1.29, 1.82) is 5.26 Å². The summed E-state index contributed by atoms with van der Waals surface area (Å²) in [5.74, 6) is 0. The van der Waals surface area contributed by atoms with Gasteiger partial charge in [-0.15, -0.1) is 0 Å². The number of hydrogen-bond acceptors (Lipinski definition) is 2. The molecule has 1 rings (SSSR count). The van der Waals surface area contributed by atoms with Crippen molar-refractivity contribution in [2.45, 2.75) is 19.3 Å². The van der Waals surface area contributed by atoms with Gasteiger partial charge < -0.3 is 4.90 Å². The monoisotopic (exact) mass is 136 g/mol. The zero-order valence-electron chi connectivity index (χ0n) is 6.30. The van der Waals surface area contributed by atoms with Crippen LogP contribution in [-0.4, -0.2) is 18.5 Å². The van der Waals surface area contributed by atoms with Crippen molar-refractivity contribution in [2.24, 2.45) is 0 Å². The minimum atomic E-state index is 1.07. The number of allylic oxidation sites excluding steroid dienone is 2. The molecule has 10 heavy (non-hydrogen) atoms. The summed E-state index contributed by atoms with van der Waals surface area (Å²) >= 11 is 0. The van der Waals surface area contributed by atoms with Crippen molar-refractivity contribution in [1.82, 2.24) is 4.90 Å². The number of piperidine rings is 1. The molecule has 2 heteroatoms. The van der Waals surface area contributed by atoms with Crippen molar-refractivity contribution in [3.63, 3.8) is 0 Å². The number of rotatable bonds is 0. The molecule has 0 bridgehead atoms. The van der Waals surface area contributed by atoms with Gasteiger partial charge in [0.2, 0.25) is 0 Å². The molecule has 0 aliphatic carbocycles. The predicted molar refractivity (Wildman–Crippen MR) is 40.2 cm³/mol. The second-order valence-corrected chi connectivity index (χ2v) is 2.64. The molecule has 0 aromatic carbocycles. The van der Waals surface area contributed by atoms with Gasteiger partial charge >= 0.3 is 0 Å². The lowest BCUT2D eigenvalue weighted by molar-refractivity contribution is 0.345. The standard InChI is InChI=1S/C8H12N2/c1-10-7-3-2-4-8(10)5-6-9/h5H,2-4,7H2,1H3/b8-5+. The maximum absolute atomic E-state index is 8.38. The molecule has 0 aromatic heterocycles. The third-order valence-corrected chi connectivity index (χ3v) is 1.90. The highest BCUT2D eigenvalue weighted by Crippen LogP contribution is 2.17. The second-order valence-electron chi connectivity index (χ2n) is 2.64. The number of likely N-dealkylation sites (tertiary alicyclic amines) is 1. The first-order chi connectivity index (χ1) is 4.84. The lowest BCUT2D eigenvalue weighted by Gasteiger charge is -2.26. The summed E-state index contributed by atoms with van der Waals surface area (Å²) in [4.78, 5) is 2.16. The normalized spacial score (nSPS) is 22.8. The fourth-order valence-corrected chi connectivity index (χ4v) is 1.25. The van der Waals surface area contributed by atoms with E-state index in [0.717, 1.165) is 13.0 Å². The Morgan fingerprint density at radius 1 is 1.60 bits per heavy atom. The number of nitriles is 1. The molecule has 2 nitrogen and oxygen atoms in total. The first-order valence-electron chi connectivity index (χ1n) is 3.64. The van der Waals surface area contributed by atoms with E-state index >= 15 is 0 Å². The number of hydrogen-bond donors (Lipinski definition) is 0. The lowest BCUT2D eigenvalue weighted by Crippen LogP contribution is -2.23. The van der Waals surface area contributed by atoms with Crippen LogP contribution in [0.3, 0.4) is 0 Å². The van der Waals surface area contributed by atoms with E-state index in [1.165, 1.54) is 18.5 Å². The molecule has 0 amide bonds. The number of nitrogens with zero attached hydrogens (tertiary/aromatic N) is 2. The minimum absolute atomic E-state index is 1.07. The highest BCUT2D eigenvalue weighted by molar-refractivity contribution is 5.13. The fraction of sp³-hybridized carbons (Fsp3) is 0.625. The summed E-state index contributed by atoms with van der Waals surface area (Å²) in [6, 6.07) is 2.06. The van der Waals surface area contributed by atoms with Crippen LogP contribution in [0.1, 0.15) is 19.3 Å². The van der Waals surface area contributed by atoms with E-state index in [4.69, 9.17) is 5.26 Å². The average molecular weight is 136 g/mol. The smallest absolute Gasteiger partial charge is 0.0930 e. The third kappa shape index (κ3) is 1.51. The maximum Gasteiger partial charge on any atom is 0.0930 e. The molecule has 1 aliphatic rings. The van der Waals surface area contributed by atoms with E-state index in [1.54, 1.807) is 6.08 Å². The van der Waals surface area contributed by atoms with Gasteiger partial charge in [0.05, 0.1) is 6.07 Å². The van der Waals surface area contributed by atoms with Crippen LogP contribution in [0.25, 0.3) is 0 Å². The summed E-state index contributed by atoms with van der Waals surface area (Å²) < 4.78 is 0. The van der Waals surface area contributed by atoms with Crippen LogP contribution in [-0.2, 0) is 0 Å². The van der Waals surface area contributed by atoms with Gasteiger partial charge in [-0.05, 0) is 19.3 Å². The highest BCUT2D eigenvalue weighted by atomic mass is 15.1. The zero-order valence-corrected chi connectivity index (χ0v) is 6.30. The molecule has 0 N–H and O–H groups in total.